The van der Waals surface area contributed by atoms with Gasteiger partial charge in [-0.1, -0.05) is 5.16 Å². The molecule has 1 saturated carbocycles. The molecular formula is C23H29FN4O5. The number of benzene rings is 1. The van der Waals surface area contributed by atoms with Gasteiger partial charge in [-0.15, -0.1) is 0 Å². The second-order valence-corrected chi connectivity index (χ2v) is 9.55. The summed E-state index contributed by atoms with van der Waals surface area (Å²) in [4.78, 5) is 31.9. The topological polar surface area (TPSA) is 119 Å². The number of nitrogens with two attached hydrogens (primary N) is 1. The highest BCUT2D eigenvalue weighted by molar-refractivity contribution is 5.99. The molecule has 2 aliphatic rings. The lowest BCUT2D eigenvalue weighted by Gasteiger charge is -2.24. The number of nitrogens with zero attached hydrogens (tertiary/aromatic N) is 3. The van der Waals surface area contributed by atoms with Gasteiger partial charge in [-0.05, 0) is 39.7 Å². The molecule has 3 N–H and O–H groups in total. The Labute approximate surface area is 190 Å². The van der Waals surface area contributed by atoms with Crippen molar-refractivity contribution in [1.29, 1.82) is 0 Å². The van der Waals surface area contributed by atoms with Crippen LogP contribution in [0.2, 0.25) is 0 Å². The number of methoxy groups -OCH3 is 1. The maximum Gasteiger partial charge on any atom is 0.341 e. The van der Waals surface area contributed by atoms with E-state index in [4.69, 9.17) is 15.3 Å². The van der Waals surface area contributed by atoms with Crippen molar-refractivity contribution in [3.63, 3.8) is 0 Å². The Bertz CT molecular complexity index is 1200. The highest BCUT2D eigenvalue weighted by Gasteiger charge is 2.35. The van der Waals surface area contributed by atoms with Crippen LogP contribution in [-0.2, 0) is 4.84 Å². The van der Waals surface area contributed by atoms with E-state index in [0.29, 0.717) is 24.3 Å². The van der Waals surface area contributed by atoms with Gasteiger partial charge in [-0.3, -0.25) is 4.79 Å². The van der Waals surface area contributed by atoms with Crippen LogP contribution in [0.15, 0.2) is 22.2 Å². The Morgan fingerprint density at radius 1 is 1.36 bits per heavy atom. The molecule has 1 aliphatic carbocycles. The number of halogens is 1. The normalized spacial score (nSPS) is 20.0. The van der Waals surface area contributed by atoms with E-state index < -0.39 is 22.8 Å². The molecule has 1 saturated heterocycles. The van der Waals surface area contributed by atoms with Crippen LogP contribution in [-0.4, -0.2) is 53.7 Å². The number of rotatable bonds is 6. The number of aromatic nitrogens is 1. The molecule has 1 aliphatic heterocycles. The fraction of sp³-hybridized carbons (Fsp3) is 0.522. The number of pyridine rings is 1. The Balaban J connectivity index is 1.88. The molecule has 1 aromatic heterocycles. The van der Waals surface area contributed by atoms with Gasteiger partial charge in [-0.2, -0.15) is 0 Å². The van der Waals surface area contributed by atoms with Crippen LogP contribution in [0, 0.1) is 11.7 Å². The van der Waals surface area contributed by atoms with Crippen LogP contribution in [0.3, 0.4) is 0 Å². The van der Waals surface area contributed by atoms with Crippen molar-refractivity contribution in [2.75, 3.05) is 31.6 Å². The van der Waals surface area contributed by atoms with E-state index in [1.165, 1.54) is 13.3 Å². The third kappa shape index (κ3) is 4.27. The lowest BCUT2D eigenvalue weighted by molar-refractivity contribution is 0.000172. The zero-order valence-corrected chi connectivity index (χ0v) is 19.2. The summed E-state index contributed by atoms with van der Waals surface area (Å²) in [5, 5.41) is 13.8. The summed E-state index contributed by atoms with van der Waals surface area (Å²) in [6.07, 6.45) is 3.02. The van der Waals surface area contributed by atoms with E-state index in [1.54, 1.807) is 9.47 Å². The zero-order valence-electron chi connectivity index (χ0n) is 19.2. The molecule has 0 amide bonds. The average molecular weight is 461 g/mol. The lowest BCUT2D eigenvalue weighted by Crippen LogP contribution is -2.25. The van der Waals surface area contributed by atoms with Gasteiger partial charge in [-0.25, -0.2) is 9.18 Å². The molecule has 9 nitrogen and oxygen atoms in total. The van der Waals surface area contributed by atoms with Gasteiger partial charge in [0.25, 0.3) is 0 Å². The van der Waals surface area contributed by atoms with Gasteiger partial charge in [0, 0.05) is 31.2 Å². The van der Waals surface area contributed by atoms with Crippen molar-refractivity contribution in [3.05, 3.63) is 33.9 Å². The van der Waals surface area contributed by atoms with Crippen LogP contribution >= 0.6 is 0 Å². The maximum atomic E-state index is 15.5. The number of fused-ring (bicyclic) bond motifs is 1. The van der Waals surface area contributed by atoms with E-state index >= 15 is 4.39 Å². The second kappa shape index (κ2) is 8.33. The van der Waals surface area contributed by atoms with Crippen LogP contribution < -0.4 is 20.8 Å². The highest BCUT2D eigenvalue weighted by atomic mass is 19.1. The molecule has 0 spiro atoms. The van der Waals surface area contributed by atoms with Crippen molar-refractivity contribution >= 4 is 28.3 Å². The van der Waals surface area contributed by atoms with Gasteiger partial charge in [0.15, 0.2) is 11.6 Å². The highest BCUT2D eigenvalue weighted by Crippen LogP contribution is 2.44. The number of ether oxygens (including phenoxy) is 1. The molecule has 178 valence electrons. The van der Waals surface area contributed by atoms with E-state index in [2.05, 4.69) is 5.16 Å². The van der Waals surface area contributed by atoms with Gasteiger partial charge in [0.1, 0.15) is 16.9 Å². The molecule has 4 rings (SSSR count). The van der Waals surface area contributed by atoms with Crippen LogP contribution in [0.5, 0.6) is 5.75 Å². The summed E-state index contributed by atoms with van der Waals surface area (Å²) in [5.41, 5.74) is 5.64. The first-order valence-corrected chi connectivity index (χ1v) is 10.9. The summed E-state index contributed by atoms with van der Waals surface area (Å²) in [6, 6.07) is 1.14. The van der Waals surface area contributed by atoms with Crippen LogP contribution in [0.25, 0.3) is 10.9 Å². The predicted octanol–water partition coefficient (Wildman–Crippen LogP) is 2.75. The van der Waals surface area contributed by atoms with Crippen molar-refractivity contribution in [1.82, 2.24) is 4.57 Å². The van der Waals surface area contributed by atoms with Gasteiger partial charge >= 0.3 is 5.97 Å². The smallest absolute Gasteiger partial charge is 0.341 e. The fourth-order valence-corrected chi connectivity index (χ4v) is 4.16. The number of oxime groups is 1. The quantitative estimate of drug-likeness (QED) is 0.636. The number of carboxylic acid groups (broad SMARTS) is 1. The minimum Gasteiger partial charge on any atom is -0.492 e. The summed E-state index contributed by atoms with van der Waals surface area (Å²) in [6.45, 7) is 6.66. The van der Waals surface area contributed by atoms with Crippen LogP contribution in [0.4, 0.5) is 10.1 Å². The van der Waals surface area contributed by atoms with Gasteiger partial charge < -0.3 is 29.9 Å². The largest absolute Gasteiger partial charge is 0.492 e. The molecule has 1 unspecified atom stereocenters. The molecule has 0 radical (unpaired) electrons. The summed E-state index contributed by atoms with van der Waals surface area (Å²) >= 11 is 0. The number of hydrogen-bond acceptors (Lipinski definition) is 7. The van der Waals surface area contributed by atoms with E-state index in [0.717, 1.165) is 18.9 Å². The monoisotopic (exact) mass is 460 g/mol. The summed E-state index contributed by atoms with van der Waals surface area (Å²) in [5.74, 6) is -1.95. The first-order valence-electron chi connectivity index (χ1n) is 10.9. The van der Waals surface area contributed by atoms with E-state index in [-0.39, 0.29) is 40.9 Å². The minimum atomic E-state index is -1.34. The minimum absolute atomic E-state index is 0.0144. The first kappa shape index (κ1) is 23.0. The SMILES string of the molecule is COc1c(N2CC(=NOC(C)(C)C)C(CN)C2)c(F)cc2c(=O)c(C(=O)O)cn(C3CC3)c12. The van der Waals surface area contributed by atoms with Crippen molar-refractivity contribution in [3.8, 4) is 5.75 Å². The zero-order chi connectivity index (χ0) is 24.1. The van der Waals surface area contributed by atoms with Gasteiger partial charge in [0.2, 0.25) is 5.43 Å². The molecule has 1 aromatic carbocycles. The molecule has 2 fully saturated rings. The van der Waals surface area contributed by atoms with Crippen molar-refractivity contribution in [2.24, 2.45) is 16.8 Å². The first-order chi connectivity index (χ1) is 15.6. The molecule has 0 bridgehead atoms. The summed E-state index contributed by atoms with van der Waals surface area (Å²) < 4.78 is 22.9. The van der Waals surface area contributed by atoms with Gasteiger partial charge in [0.05, 0.1) is 30.3 Å². The Morgan fingerprint density at radius 3 is 2.61 bits per heavy atom. The standard InChI is InChI=1S/C23H29FN4O5/c1-23(2,3)33-26-17-11-27(9-12(17)8-25)19-16(24)7-14-18(21(19)32-4)28(13-5-6-13)10-15(20(14)29)22(30)31/h7,10,12-13H,5-6,8-9,11,25H2,1-4H3,(H,30,31). The third-order valence-corrected chi connectivity index (χ3v) is 5.88. The van der Waals surface area contributed by atoms with Crippen molar-refractivity contribution in [2.45, 2.75) is 45.3 Å². The molecule has 2 aromatic rings. The average Bonchev–Trinajstić information content (AvgIpc) is 3.50. The second-order valence-electron chi connectivity index (χ2n) is 9.55. The number of hydrogen-bond donors (Lipinski definition) is 2. The number of aromatic carboxylic acids is 1. The predicted molar refractivity (Wildman–Crippen MR) is 123 cm³/mol. The Morgan fingerprint density at radius 2 is 2.06 bits per heavy atom. The molecule has 33 heavy (non-hydrogen) atoms. The third-order valence-electron chi connectivity index (χ3n) is 5.88. The fourth-order valence-electron chi connectivity index (χ4n) is 4.16. The molecule has 10 heteroatoms. The van der Waals surface area contributed by atoms with E-state index in [9.17, 15) is 14.7 Å². The van der Waals surface area contributed by atoms with E-state index in [1.807, 2.05) is 20.8 Å². The summed E-state index contributed by atoms with van der Waals surface area (Å²) in [7, 11) is 1.42. The molecule has 2 heterocycles. The number of carbonyl (C=O) groups is 1. The number of carboxylic acids is 1. The Kier molecular flexibility index (Phi) is 5.81. The number of anilines is 1. The van der Waals surface area contributed by atoms with Crippen LogP contribution in [0.1, 0.15) is 50.0 Å². The molecule has 1 atom stereocenters. The lowest BCUT2D eigenvalue weighted by atomic mass is 10.1. The maximum absolute atomic E-state index is 15.5. The Hall–Kier alpha value is -3.14. The van der Waals surface area contributed by atoms with Crippen molar-refractivity contribution < 1.29 is 23.9 Å². The molecular weight excluding hydrogens is 431 g/mol.